The van der Waals surface area contributed by atoms with Gasteiger partial charge >= 0.3 is 5.97 Å². The molecule has 1 unspecified atom stereocenters. The van der Waals surface area contributed by atoms with E-state index in [1.54, 1.807) is 4.68 Å². The average molecular weight is 384 g/mol. The van der Waals surface area contributed by atoms with E-state index < -0.39 is 12.0 Å². The lowest BCUT2D eigenvalue weighted by Gasteiger charge is -2.31. The van der Waals surface area contributed by atoms with E-state index in [0.29, 0.717) is 18.8 Å². The summed E-state index contributed by atoms with van der Waals surface area (Å²) in [5, 5.41) is 17.1. The summed E-state index contributed by atoms with van der Waals surface area (Å²) in [6.07, 6.45) is 2.57. The molecular formula is C20H24N4O4. The maximum Gasteiger partial charge on any atom is 0.317 e. The molecule has 2 aromatic rings. The molecule has 1 aromatic heterocycles. The number of carboxylic acids is 1. The van der Waals surface area contributed by atoms with Crippen LogP contribution in [-0.4, -0.2) is 57.2 Å². The Morgan fingerprint density at radius 3 is 2.68 bits per heavy atom. The number of hydrogen-bond donors (Lipinski definition) is 2. The van der Waals surface area contributed by atoms with Gasteiger partial charge in [-0.25, -0.2) is 0 Å². The molecule has 1 atom stereocenters. The van der Waals surface area contributed by atoms with E-state index in [4.69, 9.17) is 5.11 Å². The summed E-state index contributed by atoms with van der Waals surface area (Å²) in [5.74, 6) is -0.981. The molecule has 0 spiro atoms. The van der Waals surface area contributed by atoms with Crippen LogP contribution in [0.4, 0.5) is 0 Å². The molecule has 2 amide bonds. The second-order valence-corrected chi connectivity index (χ2v) is 7.68. The Morgan fingerprint density at radius 2 is 2.00 bits per heavy atom. The van der Waals surface area contributed by atoms with Crippen molar-refractivity contribution in [3.63, 3.8) is 0 Å². The van der Waals surface area contributed by atoms with E-state index in [9.17, 15) is 14.4 Å². The highest BCUT2D eigenvalue weighted by Gasteiger charge is 2.31. The van der Waals surface area contributed by atoms with Crippen molar-refractivity contribution in [3.05, 3.63) is 29.5 Å². The minimum absolute atomic E-state index is 0.0867. The van der Waals surface area contributed by atoms with Crippen molar-refractivity contribution >= 4 is 28.7 Å². The first-order valence-corrected chi connectivity index (χ1v) is 9.69. The number of carbonyl (C=O) groups is 3. The Labute approximate surface area is 162 Å². The number of likely N-dealkylation sites (tertiary alicyclic amines) is 1. The Hall–Kier alpha value is -2.74. The first-order valence-electron chi connectivity index (χ1n) is 9.69. The predicted molar refractivity (Wildman–Crippen MR) is 102 cm³/mol. The highest BCUT2D eigenvalue weighted by molar-refractivity contribution is 6.00. The van der Waals surface area contributed by atoms with Crippen LogP contribution in [0.3, 0.4) is 0 Å². The number of amides is 2. The number of nitrogens with one attached hydrogen (secondary N) is 1. The van der Waals surface area contributed by atoms with Gasteiger partial charge in [-0.1, -0.05) is 12.1 Å². The summed E-state index contributed by atoms with van der Waals surface area (Å²) in [5.41, 5.74) is 3.00. The Balaban J connectivity index is 1.63. The van der Waals surface area contributed by atoms with Crippen LogP contribution in [0.5, 0.6) is 0 Å². The molecule has 8 nitrogen and oxygen atoms in total. The van der Waals surface area contributed by atoms with Gasteiger partial charge in [-0.05, 0) is 56.8 Å². The molecule has 2 N–H and O–H groups in total. The second-order valence-electron chi connectivity index (χ2n) is 7.68. The number of benzene rings is 1. The Morgan fingerprint density at radius 1 is 1.25 bits per heavy atom. The molecule has 4 rings (SSSR count). The van der Waals surface area contributed by atoms with Gasteiger partial charge in [0.15, 0.2) is 0 Å². The lowest BCUT2D eigenvalue weighted by atomic mass is 9.87. The molecule has 1 aromatic carbocycles. The van der Waals surface area contributed by atoms with E-state index in [-0.39, 0.29) is 18.4 Å². The number of imide groups is 1. The fourth-order valence-corrected chi connectivity index (χ4v) is 4.49. The molecule has 28 heavy (non-hydrogen) atoms. The number of carboxylic acid groups (broad SMARTS) is 1. The molecule has 2 aliphatic heterocycles. The number of carbonyl (C=O) groups excluding carboxylic acids is 2. The normalized spacial score (nSPS) is 21.8. The van der Waals surface area contributed by atoms with Crippen molar-refractivity contribution < 1.29 is 19.5 Å². The van der Waals surface area contributed by atoms with Gasteiger partial charge in [0.1, 0.15) is 6.04 Å². The lowest BCUT2D eigenvalue weighted by Crippen LogP contribution is -2.42. The summed E-state index contributed by atoms with van der Waals surface area (Å²) in [6, 6.07) is 5.61. The number of piperidine rings is 2. The van der Waals surface area contributed by atoms with Crippen LogP contribution in [0.2, 0.25) is 0 Å². The Kier molecular flexibility index (Phi) is 4.89. The van der Waals surface area contributed by atoms with E-state index in [2.05, 4.69) is 16.5 Å². The summed E-state index contributed by atoms with van der Waals surface area (Å²) in [6.45, 7) is 3.55. The van der Waals surface area contributed by atoms with Crippen LogP contribution in [0.1, 0.15) is 48.9 Å². The van der Waals surface area contributed by atoms with Crippen molar-refractivity contribution in [2.75, 3.05) is 19.6 Å². The number of fused-ring (bicyclic) bond motifs is 1. The van der Waals surface area contributed by atoms with Crippen LogP contribution in [0.25, 0.3) is 10.9 Å². The molecule has 3 heterocycles. The van der Waals surface area contributed by atoms with Gasteiger partial charge in [0.25, 0.3) is 5.91 Å². The van der Waals surface area contributed by atoms with E-state index >= 15 is 0 Å². The van der Waals surface area contributed by atoms with Gasteiger partial charge < -0.3 is 5.11 Å². The van der Waals surface area contributed by atoms with Crippen LogP contribution in [-0.2, 0) is 14.4 Å². The number of aliphatic carboxylic acids is 1. The molecule has 148 valence electrons. The van der Waals surface area contributed by atoms with Gasteiger partial charge in [-0.3, -0.25) is 29.3 Å². The fraction of sp³-hybridized carbons (Fsp3) is 0.500. The number of rotatable bonds is 4. The van der Waals surface area contributed by atoms with Gasteiger partial charge in [0.2, 0.25) is 5.91 Å². The van der Waals surface area contributed by atoms with Crippen molar-refractivity contribution in [2.45, 2.75) is 44.6 Å². The van der Waals surface area contributed by atoms with Crippen molar-refractivity contribution in [3.8, 4) is 0 Å². The zero-order chi connectivity index (χ0) is 19.8. The second kappa shape index (κ2) is 7.35. The van der Waals surface area contributed by atoms with Crippen LogP contribution >= 0.6 is 0 Å². The van der Waals surface area contributed by atoms with E-state index in [1.807, 2.05) is 24.0 Å². The maximum atomic E-state index is 12.3. The summed E-state index contributed by atoms with van der Waals surface area (Å²) < 4.78 is 1.76. The van der Waals surface area contributed by atoms with Gasteiger partial charge in [0.05, 0.1) is 17.8 Å². The fourth-order valence-electron chi connectivity index (χ4n) is 4.49. The van der Waals surface area contributed by atoms with Crippen LogP contribution < -0.4 is 5.32 Å². The zero-order valence-corrected chi connectivity index (χ0v) is 15.9. The number of hydrogen-bond acceptors (Lipinski definition) is 5. The molecule has 2 fully saturated rings. The molecule has 2 saturated heterocycles. The summed E-state index contributed by atoms with van der Waals surface area (Å²) >= 11 is 0. The van der Waals surface area contributed by atoms with Crippen LogP contribution in [0, 0.1) is 6.92 Å². The highest BCUT2D eigenvalue weighted by Crippen LogP contribution is 2.36. The standard InChI is InChI=1S/C20H24N4O4/c1-12-19-14(13-7-9-23(10-8-13)11-18(26)27)3-2-4-15(19)24(22-12)16-5-6-17(25)21-20(16)28/h2-4,13,16H,5-11H2,1H3,(H,26,27)(H,21,25,28). The maximum absolute atomic E-state index is 12.3. The minimum atomic E-state index is -0.790. The smallest absolute Gasteiger partial charge is 0.317 e. The molecule has 2 aliphatic rings. The molecular weight excluding hydrogens is 360 g/mol. The van der Waals surface area contributed by atoms with E-state index in [1.165, 1.54) is 5.56 Å². The third-order valence-electron chi connectivity index (χ3n) is 5.83. The SMILES string of the molecule is Cc1nn(C2CCC(=O)NC2=O)c2cccc(C3CCN(CC(=O)O)CC3)c12. The molecule has 0 radical (unpaired) electrons. The third kappa shape index (κ3) is 3.40. The molecule has 0 saturated carbocycles. The molecule has 8 heteroatoms. The predicted octanol–water partition coefficient (Wildman–Crippen LogP) is 1.59. The quantitative estimate of drug-likeness (QED) is 0.776. The number of nitrogens with zero attached hydrogens (tertiary/aromatic N) is 3. The monoisotopic (exact) mass is 384 g/mol. The van der Waals surface area contributed by atoms with Gasteiger partial charge in [-0.15, -0.1) is 0 Å². The highest BCUT2D eigenvalue weighted by atomic mass is 16.4. The Bertz CT molecular complexity index is 943. The number of aryl methyl sites for hydroxylation is 1. The van der Waals surface area contributed by atoms with Crippen LogP contribution in [0.15, 0.2) is 18.2 Å². The van der Waals surface area contributed by atoms with Gasteiger partial charge in [-0.2, -0.15) is 5.10 Å². The third-order valence-corrected chi connectivity index (χ3v) is 5.83. The van der Waals surface area contributed by atoms with Crippen molar-refractivity contribution in [2.24, 2.45) is 0 Å². The topological polar surface area (TPSA) is 105 Å². The largest absolute Gasteiger partial charge is 0.480 e. The van der Waals surface area contributed by atoms with Crippen molar-refractivity contribution in [1.82, 2.24) is 20.0 Å². The first kappa shape index (κ1) is 18.6. The van der Waals surface area contributed by atoms with E-state index in [0.717, 1.165) is 42.5 Å². The summed E-state index contributed by atoms with van der Waals surface area (Å²) in [4.78, 5) is 36.7. The first-order chi connectivity index (χ1) is 13.4. The lowest BCUT2D eigenvalue weighted by molar-refractivity contribution is -0.139. The number of aromatic nitrogens is 2. The van der Waals surface area contributed by atoms with Gasteiger partial charge in [0, 0.05) is 11.8 Å². The summed E-state index contributed by atoms with van der Waals surface area (Å²) in [7, 11) is 0. The molecule has 0 aliphatic carbocycles. The average Bonchev–Trinajstić information content (AvgIpc) is 2.99. The zero-order valence-electron chi connectivity index (χ0n) is 15.9. The van der Waals surface area contributed by atoms with Crippen molar-refractivity contribution in [1.29, 1.82) is 0 Å². The molecule has 0 bridgehead atoms. The minimum Gasteiger partial charge on any atom is -0.480 e.